The van der Waals surface area contributed by atoms with E-state index in [0.717, 1.165) is 15.6 Å². The van der Waals surface area contributed by atoms with Gasteiger partial charge < -0.3 is 9.47 Å². The van der Waals surface area contributed by atoms with Crippen LogP contribution in [0.25, 0.3) is 12.2 Å². The Morgan fingerprint density at radius 2 is 1.60 bits per heavy atom. The first kappa shape index (κ1) is 21.3. The van der Waals surface area contributed by atoms with Crippen molar-refractivity contribution in [2.24, 2.45) is 0 Å². The molecule has 0 aliphatic heterocycles. The zero-order chi connectivity index (χ0) is 21.3. The Morgan fingerprint density at radius 1 is 0.867 bits per heavy atom. The quantitative estimate of drug-likeness (QED) is 0.188. The summed E-state index contributed by atoms with van der Waals surface area (Å²) in [5.74, 6) is 0.387. The third-order valence-electron chi connectivity index (χ3n) is 4.17. The number of ketones is 1. The molecule has 30 heavy (non-hydrogen) atoms. The first-order valence-electron chi connectivity index (χ1n) is 9.16. The van der Waals surface area contributed by atoms with Crippen LogP contribution in [0, 0.1) is 0 Å². The number of allylic oxidation sites excluding steroid dienone is 1. The second-order valence-electron chi connectivity index (χ2n) is 6.27. The summed E-state index contributed by atoms with van der Waals surface area (Å²) >= 11 is 3.41. The fourth-order valence-electron chi connectivity index (χ4n) is 2.66. The molecule has 0 N–H and O–H groups in total. The van der Waals surface area contributed by atoms with Gasteiger partial charge in [-0.05, 0) is 66.3 Å². The van der Waals surface area contributed by atoms with E-state index in [2.05, 4.69) is 15.9 Å². The molecule has 5 heteroatoms. The Kier molecular flexibility index (Phi) is 7.35. The molecule has 0 saturated carbocycles. The first-order chi connectivity index (χ1) is 14.5. The third-order valence-corrected chi connectivity index (χ3v) is 4.67. The van der Waals surface area contributed by atoms with Crippen LogP contribution in [-0.4, -0.2) is 18.9 Å². The molecule has 0 unspecified atom stereocenters. The van der Waals surface area contributed by atoms with Gasteiger partial charge in [0.05, 0.1) is 7.11 Å². The maximum atomic E-state index is 12.4. The van der Waals surface area contributed by atoms with E-state index in [1.165, 1.54) is 12.2 Å². The predicted molar refractivity (Wildman–Crippen MR) is 122 cm³/mol. The van der Waals surface area contributed by atoms with Crippen LogP contribution in [-0.2, 0) is 4.79 Å². The average molecular weight is 463 g/mol. The Hall–Kier alpha value is -3.44. The standard InChI is InChI=1S/C25H19BrO4/c1-29-24-15-11-21(26)17-20(24)10-14-23(27)19-8-12-22(13-9-19)30-25(28)16-7-18-5-3-2-4-6-18/h2-17H,1H3. The number of rotatable bonds is 7. The van der Waals surface area contributed by atoms with E-state index in [1.807, 2.05) is 48.5 Å². The molecule has 3 aromatic rings. The summed E-state index contributed by atoms with van der Waals surface area (Å²) in [4.78, 5) is 24.4. The lowest BCUT2D eigenvalue weighted by molar-refractivity contribution is -0.128. The van der Waals surface area contributed by atoms with Gasteiger partial charge in [-0.2, -0.15) is 0 Å². The van der Waals surface area contributed by atoms with Gasteiger partial charge in [0.25, 0.3) is 0 Å². The first-order valence-corrected chi connectivity index (χ1v) is 9.95. The molecule has 0 bridgehead atoms. The van der Waals surface area contributed by atoms with Crippen molar-refractivity contribution in [2.45, 2.75) is 0 Å². The van der Waals surface area contributed by atoms with E-state index in [0.29, 0.717) is 17.1 Å². The molecule has 0 spiro atoms. The van der Waals surface area contributed by atoms with Crippen LogP contribution in [0.2, 0.25) is 0 Å². The molecule has 4 nitrogen and oxygen atoms in total. The molecule has 0 aliphatic rings. The Bertz CT molecular complexity index is 1080. The fourth-order valence-corrected chi connectivity index (χ4v) is 3.04. The summed E-state index contributed by atoms with van der Waals surface area (Å²) in [6.07, 6.45) is 6.23. The van der Waals surface area contributed by atoms with Gasteiger partial charge in [0.15, 0.2) is 5.78 Å². The number of carbonyl (C=O) groups is 2. The lowest BCUT2D eigenvalue weighted by Crippen LogP contribution is -2.04. The van der Waals surface area contributed by atoms with E-state index in [1.54, 1.807) is 43.5 Å². The number of esters is 1. The Balaban J connectivity index is 1.62. The van der Waals surface area contributed by atoms with Gasteiger partial charge in [-0.1, -0.05) is 46.3 Å². The minimum Gasteiger partial charge on any atom is -0.496 e. The number of carbonyl (C=O) groups excluding carboxylic acids is 2. The van der Waals surface area contributed by atoms with E-state index in [9.17, 15) is 9.59 Å². The molecule has 0 saturated heterocycles. The lowest BCUT2D eigenvalue weighted by atomic mass is 10.1. The number of benzene rings is 3. The van der Waals surface area contributed by atoms with E-state index >= 15 is 0 Å². The molecule has 3 aromatic carbocycles. The molecule has 0 heterocycles. The maximum Gasteiger partial charge on any atom is 0.336 e. The maximum absolute atomic E-state index is 12.4. The number of hydrogen-bond donors (Lipinski definition) is 0. The van der Waals surface area contributed by atoms with Crippen LogP contribution in [0.5, 0.6) is 11.5 Å². The van der Waals surface area contributed by atoms with Crippen LogP contribution in [0.4, 0.5) is 0 Å². The van der Waals surface area contributed by atoms with Crippen molar-refractivity contribution in [1.29, 1.82) is 0 Å². The lowest BCUT2D eigenvalue weighted by Gasteiger charge is -2.05. The van der Waals surface area contributed by atoms with Gasteiger partial charge in [0.2, 0.25) is 0 Å². The summed E-state index contributed by atoms with van der Waals surface area (Å²) in [5.41, 5.74) is 2.18. The SMILES string of the molecule is COc1ccc(Br)cc1C=CC(=O)c1ccc(OC(=O)C=Cc2ccccc2)cc1. The number of ether oxygens (including phenoxy) is 2. The van der Waals surface area contributed by atoms with Gasteiger partial charge in [-0.15, -0.1) is 0 Å². The van der Waals surface area contributed by atoms with Crippen molar-refractivity contribution in [3.63, 3.8) is 0 Å². The van der Waals surface area contributed by atoms with Crippen LogP contribution >= 0.6 is 15.9 Å². The largest absolute Gasteiger partial charge is 0.496 e. The van der Waals surface area contributed by atoms with Crippen molar-refractivity contribution in [3.05, 3.63) is 106 Å². The smallest absolute Gasteiger partial charge is 0.336 e. The third kappa shape index (κ3) is 6.03. The van der Waals surface area contributed by atoms with Crippen molar-refractivity contribution in [1.82, 2.24) is 0 Å². The summed E-state index contributed by atoms with van der Waals surface area (Å²) in [6.45, 7) is 0. The highest BCUT2D eigenvalue weighted by atomic mass is 79.9. The number of halogens is 1. The van der Waals surface area contributed by atoms with Gasteiger partial charge in [0.1, 0.15) is 11.5 Å². The second-order valence-corrected chi connectivity index (χ2v) is 7.19. The second kappa shape index (κ2) is 10.4. The molecule has 0 fully saturated rings. The molecular formula is C25H19BrO4. The predicted octanol–water partition coefficient (Wildman–Crippen LogP) is 5.97. The zero-order valence-electron chi connectivity index (χ0n) is 16.2. The molecule has 0 aliphatic carbocycles. The van der Waals surface area contributed by atoms with Crippen molar-refractivity contribution < 1.29 is 19.1 Å². The number of hydrogen-bond acceptors (Lipinski definition) is 4. The topological polar surface area (TPSA) is 52.6 Å². The molecule has 0 aromatic heterocycles. The van der Waals surface area contributed by atoms with Crippen LogP contribution in [0.3, 0.4) is 0 Å². The molecular weight excluding hydrogens is 444 g/mol. The van der Waals surface area contributed by atoms with Gasteiger partial charge in [-0.3, -0.25) is 4.79 Å². The summed E-state index contributed by atoms with van der Waals surface area (Å²) < 4.78 is 11.5. The van der Waals surface area contributed by atoms with Gasteiger partial charge in [-0.25, -0.2) is 4.79 Å². The Labute approximate surface area is 183 Å². The van der Waals surface area contributed by atoms with Crippen molar-refractivity contribution in [2.75, 3.05) is 7.11 Å². The summed E-state index contributed by atoms with van der Waals surface area (Å²) in [7, 11) is 1.58. The molecule has 150 valence electrons. The monoisotopic (exact) mass is 462 g/mol. The van der Waals surface area contributed by atoms with Crippen molar-refractivity contribution in [3.8, 4) is 11.5 Å². The minimum atomic E-state index is -0.487. The van der Waals surface area contributed by atoms with Crippen LogP contribution < -0.4 is 9.47 Å². The van der Waals surface area contributed by atoms with Crippen LogP contribution in [0.15, 0.2) is 89.4 Å². The van der Waals surface area contributed by atoms with Crippen LogP contribution in [0.1, 0.15) is 21.5 Å². The van der Waals surface area contributed by atoms with E-state index in [-0.39, 0.29) is 5.78 Å². The Morgan fingerprint density at radius 3 is 2.30 bits per heavy atom. The van der Waals surface area contributed by atoms with E-state index < -0.39 is 5.97 Å². The van der Waals surface area contributed by atoms with E-state index in [4.69, 9.17) is 9.47 Å². The highest BCUT2D eigenvalue weighted by Gasteiger charge is 2.06. The zero-order valence-corrected chi connectivity index (χ0v) is 17.8. The molecule has 3 rings (SSSR count). The average Bonchev–Trinajstić information content (AvgIpc) is 2.77. The minimum absolute atomic E-state index is 0.168. The number of methoxy groups -OCH3 is 1. The summed E-state index contributed by atoms with van der Waals surface area (Å²) in [5, 5.41) is 0. The fraction of sp³-hybridized carbons (Fsp3) is 0.0400. The van der Waals surface area contributed by atoms with Crippen molar-refractivity contribution >= 4 is 39.8 Å². The van der Waals surface area contributed by atoms with Gasteiger partial charge >= 0.3 is 5.97 Å². The molecule has 0 atom stereocenters. The highest BCUT2D eigenvalue weighted by molar-refractivity contribution is 9.10. The highest BCUT2D eigenvalue weighted by Crippen LogP contribution is 2.24. The summed E-state index contributed by atoms with van der Waals surface area (Å²) in [6, 6.07) is 21.5. The van der Waals surface area contributed by atoms with Gasteiger partial charge in [0, 0.05) is 21.7 Å². The molecule has 0 radical (unpaired) electrons. The normalized spacial score (nSPS) is 11.0. The molecule has 0 amide bonds.